The first-order valence-corrected chi connectivity index (χ1v) is 7.26. The summed E-state index contributed by atoms with van der Waals surface area (Å²) in [7, 11) is 2.04. The van der Waals surface area contributed by atoms with E-state index in [9.17, 15) is 4.79 Å². The molecule has 4 heteroatoms. The monoisotopic (exact) mass is 275 g/mol. The summed E-state index contributed by atoms with van der Waals surface area (Å²) < 4.78 is 0. The highest BCUT2D eigenvalue weighted by molar-refractivity contribution is 7.07. The zero-order valence-corrected chi connectivity index (χ0v) is 12.1. The summed E-state index contributed by atoms with van der Waals surface area (Å²) >= 11 is 1.69. The fourth-order valence-electron chi connectivity index (χ4n) is 2.01. The van der Waals surface area contributed by atoms with Crippen LogP contribution in [0.25, 0.3) is 0 Å². The van der Waals surface area contributed by atoms with Crippen LogP contribution in [-0.2, 0) is 11.3 Å². The number of carbonyl (C=O) groups excluding carboxylic acids is 1. The van der Waals surface area contributed by atoms with Gasteiger partial charge in [0.1, 0.15) is 6.54 Å². The van der Waals surface area contributed by atoms with E-state index in [1.54, 1.807) is 11.3 Å². The molecule has 1 aromatic heterocycles. The van der Waals surface area contributed by atoms with Gasteiger partial charge in [0.25, 0.3) is 5.91 Å². The molecule has 1 amide bonds. The van der Waals surface area contributed by atoms with Gasteiger partial charge < -0.3 is 10.2 Å². The number of hydrogen-bond donors (Lipinski definition) is 2. The molecule has 2 rings (SSSR count). The molecule has 0 fully saturated rings. The number of hydrogen-bond acceptors (Lipinski definition) is 2. The number of anilines is 1. The summed E-state index contributed by atoms with van der Waals surface area (Å²) in [5, 5.41) is 7.13. The minimum Gasteiger partial charge on any atom is -0.326 e. The summed E-state index contributed by atoms with van der Waals surface area (Å²) in [6.45, 7) is 3.37. The largest absolute Gasteiger partial charge is 0.326 e. The normalized spacial score (nSPS) is 12.1. The highest BCUT2D eigenvalue weighted by Crippen LogP contribution is 2.08. The molecule has 1 atom stereocenters. The van der Waals surface area contributed by atoms with Gasteiger partial charge in [0, 0.05) is 11.3 Å². The molecule has 0 saturated heterocycles. The molecule has 0 aliphatic heterocycles. The van der Waals surface area contributed by atoms with Crippen LogP contribution in [0.3, 0.4) is 0 Å². The molecule has 2 aromatic rings. The van der Waals surface area contributed by atoms with Gasteiger partial charge in [-0.25, -0.2) is 0 Å². The quantitative estimate of drug-likeness (QED) is 0.856. The zero-order valence-electron chi connectivity index (χ0n) is 11.3. The van der Waals surface area contributed by atoms with E-state index >= 15 is 0 Å². The van der Waals surface area contributed by atoms with E-state index in [1.165, 1.54) is 10.5 Å². The second-order valence-electron chi connectivity index (χ2n) is 4.86. The summed E-state index contributed by atoms with van der Waals surface area (Å²) in [5.41, 5.74) is 3.30. The maximum atomic E-state index is 11.9. The van der Waals surface area contributed by atoms with Crippen LogP contribution in [0.15, 0.2) is 41.1 Å². The van der Waals surface area contributed by atoms with Crippen molar-refractivity contribution < 1.29 is 9.69 Å². The Labute approximate surface area is 117 Å². The SMILES string of the molecule is Cc1cccc(NC(=O)C[NH+](C)Cc2ccsc2)c1. The lowest BCUT2D eigenvalue weighted by Crippen LogP contribution is -3.08. The Morgan fingerprint density at radius 3 is 2.89 bits per heavy atom. The number of rotatable bonds is 5. The van der Waals surface area contributed by atoms with Gasteiger partial charge in [-0.1, -0.05) is 12.1 Å². The van der Waals surface area contributed by atoms with E-state index in [0.29, 0.717) is 6.54 Å². The van der Waals surface area contributed by atoms with Crippen LogP contribution in [0, 0.1) is 6.92 Å². The first kappa shape index (κ1) is 13.8. The number of likely N-dealkylation sites (N-methyl/N-ethyl adjacent to an activating group) is 1. The van der Waals surface area contributed by atoms with Crippen LogP contribution >= 0.6 is 11.3 Å². The van der Waals surface area contributed by atoms with E-state index in [1.807, 2.05) is 38.2 Å². The van der Waals surface area contributed by atoms with E-state index in [0.717, 1.165) is 17.8 Å². The standard InChI is InChI=1S/C15H18N2OS/c1-12-4-3-5-14(8-12)16-15(18)10-17(2)9-13-6-7-19-11-13/h3-8,11H,9-10H2,1-2H3,(H,16,18)/p+1. The summed E-state index contributed by atoms with van der Waals surface area (Å²) in [5.74, 6) is 0.0540. The number of benzene rings is 1. The van der Waals surface area contributed by atoms with Crippen molar-refractivity contribution in [2.75, 3.05) is 18.9 Å². The predicted octanol–water partition coefficient (Wildman–Crippen LogP) is 1.71. The van der Waals surface area contributed by atoms with Gasteiger partial charge in [0.15, 0.2) is 6.54 Å². The molecular formula is C15H19N2OS+. The molecule has 1 unspecified atom stereocenters. The molecule has 100 valence electrons. The topological polar surface area (TPSA) is 33.5 Å². The lowest BCUT2D eigenvalue weighted by atomic mass is 10.2. The first-order valence-electron chi connectivity index (χ1n) is 6.32. The molecule has 1 heterocycles. The molecule has 0 aliphatic carbocycles. The van der Waals surface area contributed by atoms with E-state index in [-0.39, 0.29) is 5.91 Å². The third-order valence-electron chi connectivity index (χ3n) is 2.85. The summed E-state index contributed by atoms with van der Waals surface area (Å²) in [6.07, 6.45) is 0. The van der Waals surface area contributed by atoms with Crippen LogP contribution in [0.4, 0.5) is 5.69 Å². The molecule has 0 bridgehead atoms. The Balaban J connectivity index is 1.84. The van der Waals surface area contributed by atoms with Gasteiger partial charge >= 0.3 is 0 Å². The average Bonchev–Trinajstić information content (AvgIpc) is 2.81. The van der Waals surface area contributed by atoms with Crippen LogP contribution in [0.5, 0.6) is 0 Å². The third kappa shape index (κ3) is 4.50. The summed E-state index contributed by atoms with van der Waals surface area (Å²) in [6, 6.07) is 9.97. The number of aryl methyl sites for hydroxylation is 1. The Hall–Kier alpha value is -1.65. The number of carbonyl (C=O) groups is 1. The number of quaternary nitrogens is 1. The van der Waals surface area contributed by atoms with Crippen molar-refractivity contribution in [1.29, 1.82) is 0 Å². The van der Waals surface area contributed by atoms with E-state index in [4.69, 9.17) is 0 Å². The van der Waals surface area contributed by atoms with Crippen molar-refractivity contribution in [2.24, 2.45) is 0 Å². The number of thiophene rings is 1. The second-order valence-corrected chi connectivity index (χ2v) is 5.64. The highest BCUT2D eigenvalue weighted by atomic mass is 32.1. The molecular weight excluding hydrogens is 256 g/mol. The van der Waals surface area contributed by atoms with Crippen LogP contribution in [-0.4, -0.2) is 19.5 Å². The van der Waals surface area contributed by atoms with Crippen molar-refractivity contribution in [3.8, 4) is 0 Å². The van der Waals surface area contributed by atoms with Gasteiger partial charge in [-0.3, -0.25) is 4.79 Å². The Morgan fingerprint density at radius 1 is 1.37 bits per heavy atom. The maximum Gasteiger partial charge on any atom is 0.279 e. The van der Waals surface area contributed by atoms with Gasteiger partial charge in [-0.2, -0.15) is 11.3 Å². The molecule has 2 N–H and O–H groups in total. The molecule has 19 heavy (non-hydrogen) atoms. The van der Waals surface area contributed by atoms with E-state index < -0.39 is 0 Å². The highest BCUT2D eigenvalue weighted by Gasteiger charge is 2.11. The average molecular weight is 275 g/mol. The molecule has 0 radical (unpaired) electrons. The fraction of sp³-hybridized carbons (Fsp3) is 0.267. The molecule has 1 aromatic carbocycles. The Bertz CT molecular complexity index is 537. The lowest BCUT2D eigenvalue weighted by Gasteiger charge is -2.13. The zero-order chi connectivity index (χ0) is 13.7. The van der Waals surface area contributed by atoms with Crippen molar-refractivity contribution >= 4 is 22.9 Å². The molecule has 3 nitrogen and oxygen atoms in total. The summed E-state index contributed by atoms with van der Waals surface area (Å²) in [4.78, 5) is 13.1. The van der Waals surface area contributed by atoms with E-state index in [2.05, 4.69) is 22.1 Å². The number of nitrogens with one attached hydrogen (secondary N) is 2. The first-order chi connectivity index (χ1) is 9.13. The van der Waals surface area contributed by atoms with Crippen LogP contribution in [0.1, 0.15) is 11.1 Å². The van der Waals surface area contributed by atoms with Gasteiger partial charge in [-0.15, -0.1) is 0 Å². The lowest BCUT2D eigenvalue weighted by molar-refractivity contribution is -0.885. The number of amides is 1. The Kier molecular flexibility index (Phi) is 4.71. The molecule has 0 aliphatic rings. The molecule has 0 saturated carbocycles. The fourth-order valence-corrected chi connectivity index (χ4v) is 2.67. The maximum absolute atomic E-state index is 11.9. The van der Waals surface area contributed by atoms with Gasteiger partial charge in [-0.05, 0) is 41.4 Å². The van der Waals surface area contributed by atoms with Gasteiger partial charge in [0.2, 0.25) is 0 Å². The molecule has 0 spiro atoms. The van der Waals surface area contributed by atoms with Crippen molar-refractivity contribution in [1.82, 2.24) is 0 Å². The predicted molar refractivity (Wildman–Crippen MR) is 79.6 cm³/mol. The second kappa shape index (κ2) is 6.50. The van der Waals surface area contributed by atoms with Crippen LogP contribution in [0.2, 0.25) is 0 Å². The minimum absolute atomic E-state index is 0.0540. The smallest absolute Gasteiger partial charge is 0.279 e. The minimum atomic E-state index is 0.0540. The van der Waals surface area contributed by atoms with Crippen molar-refractivity contribution in [3.63, 3.8) is 0 Å². The van der Waals surface area contributed by atoms with Crippen LogP contribution < -0.4 is 10.2 Å². The van der Waals surface area contributed by atoms with Gasteiger partial charge in [0.05, 0.1) is 7.05 Å². The van der Waals surface area contributed by atoms with Crippen molar-refractivity contribution in [3.05, 3.63) is 52.2 Å². The van der Waals surface area contributed by atoms with Crippen molar-refractivity contribution in [2.45, 2.75) is 13.5 Å². The Morgan fingerprint density at radius 2 is 2.21 bits per heavy atom. The third-order valence-corrected chi connectivity index (χ3v) is 3.58.